The van der Waals surface area contributed by atoms with E-state index in [9.17, 15) is 8.42 Å². The van der Waals surface area contributed by atoms with Gasteiger partial charge in [0.05, 0.1) is 13.4 Å². The van der Waals surface area contributed by atoms with Gasteiger partial charge in [-0.1, -0.05) is 6.07 Å². The van der Waals surface area contributed by atoms with Gasteiger partial charge in [-0.05, 0) is 55.5 Å². The molecule has 0 amide bonds. The average Bonchev–Trinajstić information content (AvgIpc) is 2.45. The van der Waals surface area contributed by atoms with Crippen LogP contribution in [0.15, 0.2) is 18.2 Å². The third-order valence-corrected chi connectivity index (χ3v) is 4.52. The van der Waals surface area contributed by atoms with E-state index in [1.807, 2.05) is 6.07 Å². The summed E-state index contributed by atoms with van der Waals surface area (Å²) >= 11 is 0. The van der Waals surface area contributed by atoms with Crippen LogP contribution in [0.5, 0.6) is 5.75 Å². The number of aryl methyl sites for hydroxylation is 1. The van der Waals surface area contributed by atoms with Crippen molar-refractivity contribution in [2.75, 3.05) is 26.5 Å². The SMILES string of the molecule is COc1ccc2c(c1)CC(NCCCNS(C)(=O)=O)CC2. The van der Waals surface area contributed by atoms with Gasteiger partial charge in [0.2, 0.25) is 10.0 Å². The van der Waals surface area contributed by atoms with E-state index in [-0.39, 0.29) is 0 Å². The Balaban J connectivity index is 1.76. The molecule has 1 aromatic rings. The van der Waals surface area contributed by atoms with Crippen molar-refractivity contribution in [1.29, 1.82) is 0 Å². The van der Waals surface area contributed by atoms with Crippen molar-refractivity contribution in [3.05, 3.63) is 29.3 Å². The van der Waals surface area contributed by atoms with Crippen LogP contribution in [-0.2, 0) is 22.9 Å². The zero-order chi connectivity index (χ0) is 15.3. The van der Waals surface area contributed by atoms with Gasteiger partial charge in [0, 0.05) is 12.6 Å². The van der Waals surface area contributed by atoms with Crippen LogP contribution in [-0.4, -0.2) is 40.9 Å². The van der Waals surface area contributed by atoms with Crippen LogP contribution < -0.4 is 14.8 Å². The Bertz CT molecular complexity index is 572. The molecule has 0 saturated heterocycles. The van der Waals surface area contributed by atoms with Gasteiger partial charge in [-0.15, -0.1) is 0 Å². The van der Waals surface area contributed by atoms with E-state index < -0.39 is 10.0 Å². The molecule has 5 nitrogen and oxygen atoms in total. The maximum absolute atomic E-state index is 11.0. The number of methoxy groups -OCH3 is 1. The molecular formula is C15H24N2O3S. The molecule has 0 spiro atoms. The molecule has 0 radical (unpaired) electrons. The fraction of sp³-hybridized carbons (Fsp3) is 0.600. The third kappa shape index (κ3) is 5.30. The smallest absolute Gasteiger partial charge is 0.208 e. The molecule has 0 aromatic heterocycles. The molecule has 1 atom stereocenters. The van der Waals surface area contributed by atoms with E-state index in [2.05, 4.69) is 22.2 Å². The van der Waals surface area contributed by atoms with Crippen LogP contribution in [0.1, 0.15) is 24.0 Å². The molecule has 1 unspecified atom stereocenters. The first-order chi connectivity index (χ1) is 9.98. The summed E-state index contributed by atoms with van der Waals surface area (Å²) in [5.41, 5.74) is 2.76. The normalized spacial score (nSPS) is 18.3. The monoisotopic (exact) mass is 312 g/mol. The van der Waals surface area contributed by atoms with Crippen LogP contribution >= 0.6 is 0 Å². The number of hydrogen-bond donors (Lipinski definition) is 2. The van der Waals surface area contributed by atoms with E-state index in [1.54, 1.807) is 7.11 Å². The van der Waals surface area contributed by atoms with Crippen LogP contribution in [0.3, 0.4) is 0 Å². The van der Waals surface area contributed by atoms with Crippen molar-refractivity contribution in [2.24, 2.45) is 0 Å². The topological polar surface area (TPSA) is 67.4 Å². The second-order valence-corrected chi connectivity index (χ2v) is 7.38. The molecule has 1 aromatic carbocycles. The molecule has 0 saturated carbocycles. The first-order valence-electron chi connectivity index (χ1n) is 7.32. The highest BCUT2D eigenvalue weighted by Gasteiger charge is 2.18. The molecule has 2 N–H and O–H groups in total. The minimum atomic E-state index is -3.07. The highest BCUT2D eigenvalue weighted by Crippen LogP contribution is 2.25. The fourth-order valence-electron chi connectivity index (χ4n) is 2.69. The van der Waals surface area contributed by atoms with Gasteiger partial charge in [-0.2, -0.15) is 0 Å². The van der Waals surface area contributed by atoms with Crippen LogP contribution in [0.4, 0.5) is 0 Å². The van der Waals surface area contributed by atoms with E-state index in [0.717, 1.165) is 38.0 Å². The fourth-order valence-corrected chi connectivity index (χ4v) is 3.20. The van der Waals surface area contributed by atoms with E-state index in [1.165, 1.54) is 17.4 Å². The number of hydrogen-bond acceptors (Lipinski definition) is 4. The molecular weight excluding hydrogens is 288 g/mol. The Kier molecular flexibility index (Phi) is 5.61. The summed E-state index contributed by atoms with van der Waals surface area (Å²) in [5.74, 6) is 0.909. The predicted octanol–water partition coefficient (Wildman–Crippen LogP) is 1.08. The molecule has 1 aliphatic carbocycles. The molecule has 2 rings (SSSR count). The van der Waals surface area contributed by atoms with Gasteiger partial charge in [0.15, 0.2) is 0 Å². The summed E-state index contributed by atoms with van der Waals surface area (Å²) in [6.07, 6.45) is 5.20. The molecule has 118 valence electrons. The Morgan fingerprint density at radius 3 is 2.81 bits per heavy atom. The van der Waals surface area contributed by atoms with Gasteiger partial charge in [0.1, 0.15) is 5.75 Å². The minimum absolute atomic E-state index is 0.461. The van der Waals surface area contributed by atoms with Crippen molar-refractivity contribution in [3.63, 3.8) is 0 Å². The molecule has 6 heteroatoms. The lowest BCUT2D eigenvalue weighted by atomic mass is 9.88. The first-order valence-corrected chi connectivity index (χ1v) is 9.21. The highest BCUT2D eigenvalue weighted by molar-refractivity contribution is 7.88. The Hall–Kier alpha value is -1.11. The predicted molar refractivity (Wildman–Crippen MR) is 84.3 cm³/mol. The number of ether oxygens (including phenoxy) is 1. The van der Waals surface area contributed by atoms with Crippen molar-refractivity contribution in [2.45, 2.75) is 31.7 Å². The quantitative estimate of drug-likeness (QED) is 0.740. The standard InChI is InChI=1S/C15H24N2O3S/c1-20-15-7-5-12-4-6-14(10-13(12)11-15)16-8-3-9-17-21(2,18)19/h5,7,11,14,16-17H,3-4,6,8-10H2,1-2H3. The van der Waals surface area contributed by atoms with Crippen molar-refractivity contribution >= 4 is 10.0 Å². The van der Waals surface area contributed by atoms with E-state index in [0.29, 0.717) is 12.6 Å². The van der Waals surface area contributed by atoms with Gasteiger partial charge in [0.25, 0.3) is 0 Å². The Labute approximate surface area is 127 Å². The Morgan fingerprint density at radius 1 is 1.29 bits per heavy atom. The van der Waals surface area contributed by atoms with Crippen LogP contribution in [0, 0.1) is 0 Å². The third-order valence-electron chi connectivity index (χ3n) is 3.79. The van der Waals surface area contributed by atoms with E-state index >= 15 is 0 Å². The van der Waals surface area contributed by atoms with Crippen molar-refractivity contribution in [3.8, 4) is 5.75 Å². The number of nitrogens with one attached hydrogen (secondary N) is 2. The zero-order valence-corrected chi connectivity index (χ0v) is 13.5. The van der Waals surface area contributed by atoms with Crippen molar-refractivity contribution < 1.29 is 13.2 Å². The summed E-state index contributed by atoms with van der Waals surface area (Å²) in [6, 6.07) is 6.75. The van der Waals surface area contributed by atoms with E-state index in [4.69, 9.17) is 4.74 Å². The molecule has 0 heterocycles. The Morgan fingerprint density at radius 2 is 2.10 bits per heavy atom. The number of rotatable bonds is 7. The van der Waals surface area contributed by atoms with Crippen LogP contribution in [0.25, 0.3) is 0 Å². The maximum atomic E-state index is 11.0. The molecule has 0 bridgehead atoms. The second kappa shape index (κ2) is 7.24. The zero-order valence-electron chi connectivity index (χ0n) is 12.7. The summed E-state index contributed by atoms with van der Waals surface area (Å²) < 4.78 is 29.7. The molecule has 0 aliphatic heterocycles. The average molecular weight is 312 g/mol. The van der Waals surface area contributed by atoms with Gasteiger partial charge >= 0.3 is 0 Å². The largest absolute Gasteiger partial charge is 0.497 e. The lowest BCUT2D eigenvalue weighted by Crippen LogP contribution is -2.36. The molecule has 21 heavy (non-hydrogen) atoms. The minimum Gasteiger partial charge on any atom is -0.497 e. The maximum Gasteiger partial charge on any atom is 0.208 e. The lowest BCUT2D eigenvalue weighted by Gasteiger charge is -2.26. The number of sulfonamides is 1. The van der Waals surface area contributed by atoms with Gasteiger partial charge in [-0.25, -0.2) is 13.1 Å². The van der Waals surface area contributed by atoms with Crippen molar-refractivity contribution in [1.82, 2.24) is 10.0 Å². The molecule has 1 aliphatic rings. The number of fused-ring (bicyclic) bond motifs is 1. The van der Waals surface area contributed by atoms with Crippen LogP contribution in [0.2, 0.25) is 0 Å². The van der Waals surface area contributed by atoms with Gasteiger partial charge < -0.3 is 10.1 Å². The molecule has 0 fully saturated rings. The summed E-state index contributed by atoms with van der Waals surface area (Å²) in [5, 5.41) is 3.51. The summed E-state index contributed by atoms with van der Waals surface area (Å²) in [7, 11) is -1.38. The first kappa shape index (κ1) is 16.3. The number of benzene rings is 1. The summed E-state index contributed by atoms with van der Waals surface area (Å²) in [4.78, 5) is 0. The highest BCUT2D eigenvalue weighted by atomic mass is 32.2. The van der Waals surface area contributed by atoms with Gasteiger partial charge in [-0.3, -0.25) is 0 Å². The lowest BCUT2D eigenvalue weighted by molar-refractivity contribution is 0.411. The second-order valence-electron chi connectivity index (χ2n) is 5.55. The summed E-state index contributed by atoms with van der Waals surface area (Å²) in [6.45, 7) is 1.31.